The largest absolute Gasteiger partial charge is 0.493 e. The Hall–Kier alpha value is -4.10. The fourth-order valence-electron chi connectivity index (χ4n) is 4.81. The molecular formula is C65H120O. The maximum absolute atomic E-state index is 5.42. The average molecular weight is 918 g/mol. The molecule has 2 aliphatic rings. The first-order valence-corrected chi connectivity index (χ1v) is 27.4. The molecule has 0 radical (unpaired) electrons. The SMILES string of the molecule is CC.CC.CC.CC.CC.CC.CC.CC.CC.CC.CC.CC.CCc1cccc(C)c1.Cc1ccccc1.Cc1ccccc1.c1ccc2c(c1)CCC2.c1ccc2c(c1)CCCO2. The monoisotopic (exact) mass is 917 g/mol. The summed E-state index contributed by atoms with van der Waals surface area (Å²) in [7, 11) is 0. The van der Waals surface area contributed by atoms with Gasteiger partial charge in [-0.3, -0.25) is 0 Å². The molecule has 1 nitrogen and oxygen atoms in total. The van der Waals surface area contributed by atoms with Crippen LogP contribution in [0.3, 0.4) is 0 Å². The maximum Gasteiger partial charge on any atom is 0.122 e. The molecule has 0 amide bonds. The minimum absolute atomic E-state index is 0.886. The first kappa shape index (κ1) is 85.2. The molecule has 5 aromatic carbocycles. The highest BCUT2D eigenvalue weighted by Crippen LogP contribution is 2.23. The Morgan fingerprint density at radius 3 is 0.909 bits per heavy atom. The highest BCUT2D eigenvalue weighted by atomic mass is 16.5. The van der Waals surface area contributed by atoms with Gasteiger partial charge in [-0.15, -0.1) is 0 Å². The maximum atomic E-state index is 5.42. The van der Waals surface area contributed by atoms with Crippen molar-refractivity contribution in [3.05, 3.63) is 172 Å². The van der Waals surface area contributed by atoms with E-state index >= 15 is 0 Å². The van der Waals surface area contributed by atoms with Crippen molar-refractivity contribution in [2.45, 2.75) is 232 Å². The van der Waals surface area contributed by atoms with E-state index in [-0.39, 0.29) is 0 Å². The van der Waals surface area contributed by atoms with Crippen LogP contribution in [0.2, 0.25) is 0 Å². The Bertz CT molecular complexity index is 1320. The third kappa shape index (κ3) is 59.9. The van der Waals surface area contributed by atoms with Crippen LogP contribution in [0.1, 0.15) is 225 Å². The van der Waals surface area contributed by atoms with E-state index in [1.165, 1.54) is 53.5 Å². The van der Waals surface area contributed by atoms with Crippen LogP contribution in [0.4, 0.5) is 0 Å². The molecular weight excluding hydrogens is 797 g/mol. The van der Waals surface area contributed by atoms with Crippen LogP contribution in [0.25, 0.3) is 0 Å². The van der Waals surface area contributed by atoms with Crippen LogP contribution < -0.4 is 4.74 Å². The minimum Gasteiger partial charge on any atom is -0.493 e. The summed E-state index contributed by atoms with van der Waals surface area (Å²) in [5, 5.41) is 0. The number of aryl methyl sites for hydroxylation is 7. The lowest BCUT2D eigenvalue weighted by molar-refractivity contribution is 0.288. The molecule has 0 spiro atoms. The lowest BCUT2D eigenvalue weighted by atomic mass is 10.1. The zero-order chi connectivity index (χ0) is 53.8. The van der Waals surface area contributed by atoms with Crippen molar-refractivity contribution in [3.8, 4) is 5.75 Å². The molecule has 0 aromatic heterocycles. The van der Waals surface area contributed by atoms with Crippen LogP contribution in [0.5, 0.6) is 5.75 Å². The first-order valence-electron chi connectivity index (χ1n) is 27.4. The van der Waals surface area contributed by atoms with Gasteiger partial charge in [-0.2, -0.15) is 0 Å². The number of fused-ring (bicyclic) bond motifs is 2. The molecule has 0 unspecified atom stereocenters. The number of para-hydroxylation sites is 1. The quantitative estimate of drug-likeness (QED) is 0.163. The van der Waals surface area contributed by atoms with E-state index in [4.69, 9.17) is 4.74 Å². The Morgan fingerprint density at radius 2 is 0.621 bits per heavy atom. The summed E-state index contributed by atoms with van der Waals surface area (Å²) in [5.74, 6) is 1.08. The number of rotatable bonds is 1. The number of benzene rings is 5. The second kappa shape index (κ2) is 87.8. The summed E-state index contributed by atoms with van der Waals surface area (Å²) in [6.07, 6.45) is 7.44. The van der Waals surface area contributed by atoms with Crippen molar-refractivity contribution in [3.63, 3.8) is 0 Å². The Labute approximate surface area is 420 Å². The molecule has 66 heavy (non-hydrogen) atoms. The molecule has 1 heteroatoms. The van der Waals surface area contributed by atoms with Crippen LogP contribution in [0, 0.1) is 20.8 Å². The van der Waals surface area contributed by atoms with Gasteiger partial charge in [0.2, 0.25) is 0 Å². The third-order valence-corrected chi connectivity index (χ3v) is 7.20. The molecule has 386 valence electrons. The van der Waals surface area contributed by atoms with Gasteiger partial charge in [-0.1, -0.05) is 317 Å². The van der Waals surface area contributed by atoms with Crippen molar-refractivity contribution < 1.29 is 4.74 Å². The molecule has 0 fully saturated rings. The van der Waals surface area contributed by atoms with E-state index in [9.17, 15) is 0 Å². The van der Waals surface area contributed by atoms with E-state index in [1.807, 2.05) is 215 Å². The first-order chi connectivity index (χ1) is 32.5. The van der Waals surface area contributed by atoms with Gasteiger partial charge in [0.25, 0.3) is 0 Å². The topological polar surface area (TPSA) is 9.23 Å². The fraction of sp³-hybridized carbons (Fsp3) is 0.538. The predicted molar refractivity (Wildman–Crippen MR) is 318 cm³/mol. The van der Waals surface area contributed by atoms with Crippen molar-refractivity contribution in [2.24, 2.45) is 0 Å². The highest BCUT2D eigenvalue weighted by Gasteiger charge is 2.08. The van der Waals surface area contributed by atoms with E-state index < -0.39 is 0 Å². The standard InChI is InChI=1S/C9H10O.C9H10.C9H12.2C7H8.12C2H6/c1-2-6-9-8(4-1)5-3-7-10-9;1-2-5-9-7-3-6-8(9)4-1;1-3-9-6-4-5-8(2)7-9;2*1-7-5-3-2-4-6-7;12*1-2/h1-2,4,6H,3,5,7H2;1-2,4-5H,3,6-7H2;4-7H,3H2,1-2H3;2*2-6H,1H3;12*1-2H3. The van der Waals surface area contributed by atoms with Gasteiger partial charge in [0.15, 0.2) is 0 Å². The highest BCUT2D eigenvalue weighted by molar-refractivity contribution is 5.34. The smallest absolute Gasteiger partial charge is 0.122 e. The van der Waals surface area contributed by atoms with Crippen molar-refractivity contribution in [1.29, 1.82) is 0 Å². The summed E-state index contributed by atoms with van der Waals surface area (Å²) >= 11 is 0. The predicted octanol–water partition coefficient (Wildman–Crippen LogP) is 23.0. The molecule has 5 aromatic rings. The Balaban J connectivity index is -0.0000000668. The second-order valence-electron chi connectivity index (χ2n) is 10.8. The lowest BCUT2D eigenvalue weighted by Crippen LogP contribution is -2.07. The number of hydrogen-bond donors (Lipinski definition) is 0. The average Bonchev–Trinajstić information content (AvgIpc) is 3.94. The van der Waals surface area contributed by atoms with E-state index in [2.05, 4.69) is 113 Å². The molecule has 7 rings (SSSR count). The van der Waals surface area contributed by atoms with E-state index in [1.54, 1.807) is 11.1 Å². The van der Waals surface area contributed by atoms with Crippen LogP contribution in [-0.2, 0) is 25.7 Å². The molecule has 0 atom stereocenters. The minimum atomic E-state index is 0.886. The van der Waals surface area contributed by atoms with Gasteiger partial charge >= 0.3 is 0 Å². The molecule has 0 bridgehead atoms. The normalized spacial score (nSPS) is 8.73. The van der Waals surface area contributed by atoms with Gasteiger partial charge in [-0.05, 0) is 87.6 Å². The van der Waals surface area contributed by atoms with E-state index in [0.717, 1.165) is 25.2 Å². The summed E-state index contributed by atoms with van der Waals surface area (Å²) in [6.45, 7) is 57.4. The molecule has 0 saturated carbocycles. The molecule has 0 saturated heterocycles. The molecule has 1 aliphatic carbocycles. The number of hydrogen-bond acceptors (Lipinski definition) is 1. The molecule has 0 N–H and O–H groups in total. The Kier molecular flexibility index (Phi) is 113. The zero-order valence-electron chi connectivity index (χ0n) is 50.1. The summed E-state index contributed by atoms with van der Waals surface area (Å²) in [4.78, 5) is 0. The van der Waals surface area contributed by atoms with Crippen molar-refractivity contribution in [2.75, 3.05) is 6.61 Å². The summed E-state index contributed by atoms with van der Waals surface area (Å²) in [6, 6.07) is 46.1. The zero-order valence-corrected chi connectivity index (χ0v) is 50.1. The van der Waals surface area contributed by atoms with Crippen molar-refractivity contribution >= 4 is 0 Å². The van der Waals surface area contributed by atoms with Gasteiger partial charge in [-0.25, -0.2) is 0 Å². The molecule has 1 heterocycles. The second-order valence-corrected chi connectivity index (χ2v) is 10.8. The van der Waals surface area contributed by atoms with Gasteiger partial charge in [0.1, 0.15) is 5.75 Å². The number of ether oxygens (including phenoxy) is 1. The van der Waals surface area contributed by atoms with Crippen LogP contribution >= 0.6 is 0 Å². The van der Waals surface area contributed by atoms with Gasteiger partial charge in [0.05, 0.1) is 6.61 Å². The van der Waals surface area contributed by atoms with Crippen LogP contribution in [0.15, 0.2) is 133 Å². The molecule has 1 aliphatic heterocycles. The van der Waals surface area contributed by atoms with E-state index in [0.29, 0.717) is 0 Å². The summed E-state index contributed by atoms with van der Waals surface area (Å²) in [5.41, 5.74) is 9.91. The fourth-order valence-corrected chi connectivity index (χ4v) is 4.81. The van der Waals surface area contributed by atoms with Gasteiger partial charge < -0.3 is 4.74 Å². The Morgan fingerprint density at radius 1 is 0.318 bits per heavy atom. The van der Waals surface area contributed by atoms with Crippen molar-refractivity contribution in [1.82, 2.24) is 0 Å². The van der Waals surface area contributed by atoms with Gasteiger partial charge in [0, 0.05) is 0 Å². The van der Waals surface area contributed by atoms with Crippen LogP contribution in [-0.4, -0.2) is 6.61 Å². The summed E-state index contributed by atoms with van der Waals surface area (Å²) < 4.78 is 5.42. The third-order valence-electron chi connectivity index (χ3n) is 7.20. The lowest BCUT2D eigenvalue weighted by Gasteiger charge is -2.15.